The molecule has 0 amide bonds. The molecule has 1 rings (SSSR count). The Morgan fingerprint density at radius 3 is 1.00 bits per heavy atom. The number of hydrogen-bond donors (Lipinski definition) is 8. The molecule has 8 nitrogen and oxygen atoms in total. The molecule has 1 aliphatic rings. The minimum absolute atomic E-state index is 0.960. The minimum Gasteiger partial charge on any atom is -0.243 e. The van der Waals surface area contributed by atoms with E-state index in [1.54, 1.807) is 0 Å². The van der Waals surface area contributed by atoms with Crippen LogP contribution in [0.4, 0.5) is 0 Å². The molecule has 120 valence electrons. The second-order valence-electron chi connectivity index (χ2n) is 5.14. The first-order chi connectivity index (χ1) is 10.0. The molecule has 1 saturated heterocycles. The van der Waals surface area contributed by atoms with Crippen molar-refractivity contribution in [2.24, 2.45) is 0 Å². The van der Waals surface area contributed by atoms with E-state index in [9.17, 15) is 0 Å². The lowest BCUT2D eigenvalue weighted by molar-refractivity contribution is 0.254. The zero-order chi connectivity index (χ0) is 14.1. The van der Waals surface area contributed by atoms with Crippen LogP contribution in [0, 0.1) is 0 Å². The van der Waals surface area contributed by atoms with Crippen molar-refractivity contribution in [2.45, 2.75) is 64.2 Å². The summed E-state index contributed by atoms with van der Waals surface area (Å²) in [5, 5.41) is 0. The molecular formula is C12H32N8. The quantitative estimate of drug-likeness (QED) is 0.316. The topological polar surface area (TPSA) is 96.2 Å². The third-order valence-corrected chi connectivity index (χ3v) is 3.34. The van der Waals surface area contributed by atoms with Crippen LogP contribution in [-0.4, -0.2) is 13.1 Å². The zero-order valence-corrected chi connectivity index (χ0v) is 12.5. The van der Waals surface area contributed by atoms with Gasteiger partial charge in [0, 0.05) is 13.1 Å². The summed E-state index contributed by atoms with van der Waals surface area (Å²) in [6, 6.07) is 0. The first-order valence-corrected chi connectivity index (χ1v) is 7.96. The summed E-state index contributed by atoms with van der Waals surface area (Å²) in [5.74, 6) is 0. The lowest BCUT2D eigenvalue weighted by atomic mass is 10.1. The molecule has 1 fully saturated rings. The predicted molar refractivity (Wildman–Crippen MR) is 81.0 cm³/mol. The SMILES string of the molecule is C1CCCCCCNNNNNNNNCCCCC1. The van der Waals surface area contributed by atoms with E-state index in [1.807, 2.05) is 0 Å². The lowest BCUT2D eigenvalue weighted by Gasteiger charge is -2.13. The fraction of sp³-hybridized carbons (Fsp3) is 1.00. The first-order valence-electron chi connectivity index (χ1n) is 7.96. The molecule has 0 radical (unpaired) electrons. The first kappa shape index (κ1) is 17.7. The summed E-state index contributed by atoms with van der Waals surface area (Å²) in [5.41, 5.74) is 22.8. The van der Waals surface area contributed by atoms with Crippen LogP contribution in [0.1, 0.15) is 64.2 Å². The lowest BCUT2D eigenvalue weighted by Crippen LogP contribution is -2.63. The van der Waals surface area contributed by atoms with Gasteiger partial charge in [0.1, 0.15) is 0 Å². The van der Waals surface area contributed by atoms with E-state index in [2.05, 4.69) is 44.1 Å². The largest absolute Gasteiger partial charge is 0.243 e. The van der Waals surface area contributed by atoms with E-state index < -0.39 is 0 Å². The van der Waals surface area contributed by atoms with Gasteiger partial charge in [0.15, 0.2) is 0 Å². The van der Waals surface area contributed by atoms with Gasteiger partial charge in [-0.15, -0.1) is 0 Å². The van der Waals surface area contributed by atoms with Crippen LogP contribution in [0.5, 0.6) is 0 Å². The smallest absolute Gasteiger partial charge is 0.0113 e. The highest BCUT2D eigenvalue weighted by molar-refractivity contribution is 4.49. The van der Waals surface area contributed by atoms with E-state index in [-0.39, 0.29) is 0 Å². The van der Waals surface area contributed by atoms with Crippen LogP contribution in [0.2, 0.25) is 0 Å². The Hall–Kier alpha value is -0.320. The molecule has 0 atom stereocenters. The van der Waals surface area contributed by atoms with E-state index >= 15 is 0 Å². The number of nitrogens with one attached hydrogen (secondary N) is 8. The zero-order valence-electron chi connectivity index (χ0n) is 12.5. The van der Waals surface area contributed by atoms with Crippen LogP contribution in [0.15, 0.2) is 0 Å². The van der Waals surface area contributed by atoms with Gasteiger partial charge in [0.25, 0.3) is 0 Å². The van der Waals surface area contributed by atoms with Crippen molar-refractivity contribution in [3.63, 3.8) is 0 Å². The third-order valence-electron chi connectivity index (χ3n) is 3.34. The van der Waals surface area contributed by atoms with E-state index in [0.717, 1.165) is 13.1 Å². The van der Waals surface area contributed by atoms with Crippen LogP contribution < -0.4 is 44.1 Å². The molecule has 1 aliphatic heterocycles. The maximum absolute atomic E-state index is 3.08. The van der Waals surface area contributed by atoms with Crippen molar-refractivity contribution in [3.8, 4) is 0 Å². The maximum atomic E-state index is 3.08. The van der Waals surface area contributed by atoms with Crippen LogP contribution in [0.3, 0.4) is 0 Å². The molecule has 8 N–H and O–H groups in total. The summed E-state index contributed by atoms with van der Waals surface area (Å²) in [4.78, 5) is 0. The highest BCUT2D eigenvalue weighted by Gasteiger charge is 1.94. The average molecular weight is 288 g/mol. The average Bonchev–Trinajstić information content (AvgIpc) is 2.46. The van der Waals surface area contributed by atoms with Crippen molar-refractivity contribution < 1.29 is 0 Å². The van der Waals surface area contributed by atoms with E-state index in [0.29, 0.717) is 0 Å². The molecule has 1 heterocycles. The Kier molecular flexibility index (Phi) is 13.4. The van der Waals surface area contributed by atoms with Crippen LogP contribution >= 0.6 is 0 Å². The summed E-state index contributed by atoms with van der Waals surface area (Å²) < 4.78 is 0. The Balaban J connectivity index is 2.00. The van der Waals surface area contributed by atoms with Gasteiger partial charge in [-0.05, 0) is 12.8 Å². The normalized spacial score (nSPS) is 24.0. The highest BCUT2D eigenvalue weighted by Crippen LogP contribution is 2.10. The Morgan fingerprint density at radius 1 is 0.300 bits per heavy atom. The predicted octanol–water partition coefficient (Wildman–Crippen LogP) is 0.0228. The van der Waals surface area contributed by atoms with Gasteiger partial charge in [-0.1, -0.05) is 51.4 Å². The van der Waals surface area contributed by atoms with Crippen molar-refractivity contribution in [1.29, 1.82) is 0 Å². The van der Waals surface area contributed by atoms with Crippen molar-refractivity contribution in [3.05, 3.63) is 0 Å². The van der Waals surface area contributed by atoms with Crippen LogP contribution in [0.25, 0.3) is 0 Å². The number of rotatable bonds is 0. The Labute approximate surface area is 122 Å². The monoisotopic (exact) mass is 288 g/mol. The summed E-state index contributed by atoms with van der Waals surface area (Å²) in [6.07, 6.45) is 13.3. The molecule has 20 heavy (non-hydrogen) atoms. The summed E-state index contributed by atoms with van der Waals surface area (Å²) in [7, 11) is 0. The van der Waals surface area contributed by atoms with Gasteiger partial charge in [-0.3, -0.25) is 0 Å². The molecule has 0 unspecified atom stereocenters. The van der Waals surface area contributed by atoms with Gasteiger partial charge in [0.2, 0.25) is 0 Å². The second kappa shape index (κ2) is 15.1. The molecule has 0 aliphatic carbocycles. The fourth-order valence-corrected chi connectivity index (χ4v) is 2.18. The molecular weight excluding hydrogens is 256 g/mol. The minimum atomic E-state index is 0.960. The number of hydrogen-bond acceptors (Lipinski definition) is 8. The molecule has 0 bridgehead atoms. The van der Waals surface area contributed by atoms with E-state index in [1.165, 1.54) is 64.2 Å². The highest BCUT2D eigenvalue weighted by atomic mass is 15.9. The molecule has 0 spiro atoms. The Morgan fingerprint density at radius 2 is 0.600 bits per heavy atom. The van der Waals surface area contributed by atoms with Crippen molar-refractivity contribution in [1.82, 2.24) is 44.1 Å². The Bertz CT molecular complexity index is 106. The summed E-state index contributed by atoms with van der Waals surface area (Å²) in [6.45, 7) is 1.92. The van der Waals surface area contributed by atoms with Crippen LogP contribution in [-0.2, 0) is 0 Å². The van der Waals surface area contributed by atoms with Gasteiger partial charge >= 0.3 is 0 Å². The van der Waals surface area contributed by atoms with Crippen molar-refractivity contribution in [2.75, 3.05) is 13.1 Å². The molecule has 0 aromatic heterocycles. The molecule has 0 saturated carbocycles. The maximum Gasteiger partial charge on any atom is 0.0113 e. The molecule has 8 heteroatoms. The molecule has 0 aromatic rings. The molecule has 0 aromatic carbocycles. The van der Waals surface area contributed by atoms with Gasteiger partial charge < -0.3 is 0 Å². The van der Waals surface area contributed by atoms with Gasteiger partial charge in [-0.25, -0.2) is 10.9 Å². The second-order valence-corrected chi connectivity index (χ2v) is 5.14. The standard InChI is InChI=1S/C12H32N8/c1-2-4-6-8-10-12-14-16-18-20-19-17-15-13-11-9-7-5-3-1/h13-20H,1-12H2. The number of hydrazine groups is 7. The van der Waals surface area contributed by atoms with E-state index in [4.69, 9.17) is 0 Å². The fourth-order valence-electron chi connectivity index (χ4n) is 2.18. The third kappa shape index (κ3) is 12.7. The van der Waals surface area contributed by atoms with Gasteiger partial charge in [0.05, 0.1) is 0 Å². The summed E-state index contributed by atoms with van der Waals surface area (Å²) >= 11 is 0. The van der Waals surface area contributed by atoms with Crippen molar-refractivity contribution >= 4 is 0 Å². The van der Waals surface area contributed by atoms with Gasteiger partial charge in [-0.2, -0.15) is 33.2 Å².